The van der Waals surface area contributed by atoms with Crippen molar-refractivity contribution < 1.29 is 9.53 Å². The molecule has 2 rings (SSSR count). The van der Waals surface area contributed by atoms with Crippen LogP contribution < -0.4 is 10.6 Å². The summed E-state index contributed by atoms with van der Waals surface area (Å²) in [4.78, 5) is 22.9. The van der Waals surface area contributed by atoms with Crippen LogP contribution in [-0.2, 0) is 9.53 Å². The Balaban J connectivity index is 0.00000420. The summed E-state index contributed by atoms with van der Waals surface area (Å²) in [6, 6.07) is 0. The molecule has 0 aliphatic carbocycles. The second kappa shape index (κ2) is 14.4. The summed E-state index contributed by atoms with van der Waals surface area (Å²) in [5, 5.41) is 6.76. The summed E-state index contributed by atoms with van der Waals surface area (Å²) < 4.78 is 5.90. The molecule has 2 saturated heterocycles. The molecule has 2 aliphatic heterocycles. The third kappa shape index (κ3) is 10.3. The van der Waals surface area contributed by atoms with Gasteiger partial charge in [-0.3, -0.25) is 19.6 Å². The van der Waals surface area contributed by atoms with Gasteiger partial charge in [-0.2, -0.15) is 0 Å². The average molecular weight is 524 g/mol. The lowest BCUT2D eigenvalue weighted by atomic mass is 10.2. The fourth-order valence-electron chi connectivity index (χ4n) is 3.73. The quantitative estimate of drug-likeness (QED) is 0.277. The molecular weight excluding hydrogens is 483 g/mol. The zero-order chi connectivity index (χ0) is 20.4. The van der Waals surface area contributed by atoms with Gasteiger partial charge >= 0.3 is 0 Å². The Labute approximate surface area is 193 Å². The van der Waals surface area contributed by atoms with Gasteiger partial charge in [0.2, 0.25) is 5.91 Å². The largest absolute Gasteiger partial charge is 0.374 e. The van der Waals surface area contributed by atoms with Gasteiger partial charge in [0.15, 0.2) is 5.96 Å². The van der Waals surface area contributed by atoms with Crippen molar-refractivity contribution in [2.75, 3.05) is 78.6 Å². The predicted octanol–water partition coefficient (Wildman–Crippen LogP) is 0.680. The van der Waals surface area contributed by atoms with Gasteiger partial charge in [0.1, 0.15) is 0 Å². The standard InChI is InChI=1S/C20H40N6O2.HI/c1-5-21-20(22-6-7-24-8-10-26(11-9-24)18(4)27)23-14-19-16-25(12-13-28-19)15-17(2)3;/h17,19H,5-16H2,1-4H3,(H2,21,22,23);1H. The number of halogens is 1. The zero-order valence-electron chi connectivity index (χ0n) is 18.7. The van der Waals surface area contributed by atoms with Crippen LogP contribution >= 0.6 is 24.0 Å². The van der Waals surface area contributed by atoms with Crippen LogP contribution in [0.3, 0.4) is 0 Å². The number of carbonyl (C=O) groups excluding carboxylic acids is 1. The highest BCUT2D eigenvalue weighted by Gasteiger charge is 2.21. The molecule has 9 heteroatoms. The van der Waals surface area contributed by atoms with Crippen molar-refractivity contribution >= 4 is 35.8 Å². The second-order valence-corrected chi connectivity index (χ2v) is 8.14. The Morgan fingerprint density at radius 3 is 2.48 bits per heavy atom. The number of hydrogen-bond donors (Lipinski definition) is 2. The SMILES string of the molecule is CCNC(=NCC1CN(CC(C)C)CCO1)NCCN1CCN(C(C)=O)CC1.I. The number of morpholine rings is 1. The number of nitrogens with one attached hydrogen (secondary N) is 2. The van der Waals surface area contributed by atoms with Gasteiger partial charge < -0.3 is 20.3 Å². The van der Waals surface area contributed by atoms with Crippen molar-refractivity contribution in [3.8, 4) is 0 Å². The molecule has 170 valence electrons. The molecule has 1 amide bonds. The third-order valence-corrected chi connectivity index (χ3v) is 5.18. The molecular formula is C20H41IN6O2. The third-order valence-electron chi connectivity index (χ3n) is 5.18. The van der Waals surface area contributed by atoms with Crippen LogP contribution in [0.4, 0.5) is 0 Å². The van der Waals surface area contributed by atoms with Crippen LogP contribution in [0.25, 0.3) is 0 Å². The molecule has 0 spiro atoms. The number of hydrogen-bond acceptors (Lipinski definition) is 5. The van der Waals surface area contributed by atoms with E-state index in [1.807, 2.05) is 4.90 Å². The van der Waals surface area contributed by atoms with E-state index in [1.165, 1.54) is 0 Å². The number of guanidine groups is 1. The molecule has 0 aromatic carbocycles. The Morgan fingerprint density at radius 1 is 1.14 bits per heavy atom. The van der Waals surface area contributed by atoms with Crippen LogP contribution in [-0.4, -0.2) is 111 Å². The van der Waals surface area contributed by atoms with E-state index in [9.17, 15) is 4.79 Å². The summed E-state index contributed by atoms with van der Waals surface area (Å²) in [7, 11) is 0. The number of carbonyl (C=O) groups is 1. The lowest BCUT2D eigenvalue weighted by molar-refractivity contribution is -0.130. The fraction of sp³-hybridized carbons (Fsp3) is 0.900. The summed E-state index contributed by atoms with van der Waals surface area (Å²) in [6.07, 6.45) is 0.169. The first-order valence-corrected chi connectivity index (χ1v) is 10.8. The number of amides is 1. The van der Waals surface area contributed by atoms with E-state index in [0.29, 0.717) is 12.5 Å². The lowest BCUT2D eigenvalue weighted by Gasteiger charge is -2.34. The Kier molecular flexibility index (Phi) is 13.1. The minimum atomic E-state index is 0. The molecule has 0 aromatic heterocycles. The maximum atomic E-state index is 11.4. The number of rotatable bonds is 8. The number of nitrogens with zero attached hydrogens (tertiary/aromatic N) is 4. The van der Waals surface area contributed by atoms with Crippen molar-refractivity contribution in [2.45, 2.75) is 33.8 Å². The smallest absolute Gasteiger partial charge is 0.219 e. The molecule has 2 heterocycles. The first kappa shape index (κ1) is 26.4. The van der Waals surface area contributed by atoms with Gasteiger partial charge in [0.25, 0.3) is 0 Å². The maximum Gasteiger partial charge on any atom is 0.219 e. The Morgan fingerprint density at radius 2 is 1.86 bits per heavy atom. The molecule has 0 radical (unpaired) electrons. The Hall–Kier alpha value is -0.650. The number of aliphatic imine (C=N–C) groups is 1. The summed E-state index contributed by atoms with van der Waals surface area (Å²) in [5.74, 6) is 1.71. The second-order valence-electron chi connectivity index (χ2n) is 8.14. The summed E-state index contributed by atoms with van der Waals surface area (Å²) in [6.45, 7) is 19.0. The van der Waals surface area contributed by atoms with E-state index in [0.717, 1.165) is 78.0 Å². The van der Waals surface area contributed by atoms with E-state index in [4.69, 9.17) is 9.73 Å². The normalized spacial score (nSPS) is 21.8. The van der Waals surface area contributed by atoms with Crippen molar-refractivity contribution in [2.24, 2.45) is 10.9 Å². The first-order valence-electron chi connectivity index (χ1n) is 10.8. The number of ether oxygens (including phenoxy) is 1. The average Bonchev–Trinajstić information content (AvgIpc) is 2.66. The van der Waals surface area contributed by atoms with Crippen LogP contribution in [0.1, 0.15) is 27.7 Å². The van der Waals surface area contributed by atoms with Crippen molar-refractivity contribution in [1.82, 2.24) is 25.3 Å². The summed E-state index contributed by atoms with van der Waals surface area (Å²) in [5.41, 5.74) is 0. The fourth-order valence-corrected chi connectivity index (χ4v) is 3.73. The monoisotopic (exact) mass is 524 g/mol. The van der Waals surface area contributed by atoms with E-state index in [1.54, 1.807) is 6.92 Å². The van der Waals surface area contributed by atoms with Gasteiger partial charge in [-0.15, -0.1) is 24.0 Å². The van der Waals surface area contributed by atoms with E-state index < -0.39 is 0 Å². The molecule has 8 nitrogen and oxygen atoms in total. The van der Waals surface area contributed by atoms with Crippen LogP contribution in [0.15, 0.2) is 4.99 Å². The molecule has 2 fully saturated rings. The molecule has 1 unspecified atom stereocenters. The highest BCUT2D eigenvalue weighted by Crippen LogP contribution is 2.08. The molecule has 0 aromatic rings. The van der Waals surface area contributed by atoms with Gasteiger partial charge in [-0.05, 0) is 12.8 Å². The van der Waals surface area contributed by atoms with E-state index in [2.05, 4.69) is 41.2 Å². The van der Waals surface area contributed by atoms with Crippen molar-refractivity contribution in [1.29, 1.82) is 0 Å². The topological polar surface area (TPSA) is 72.4 Å². The van der Waals surface area contributed by atoms with Crippen molar-refractivity contribution in [3.05, 3.63) is 0 Å². The first-order chi connectivity index (χ1) is 13.5. The molecule has 2 N–H and O–H groups in total. The van der Waals surface area contributed by atoms with Gasteiger partial charge in [0.05, 0.1) is 19.3 Å². The minimum absolute atomic E-state index is 0. The van der Waals surface area contributed by atoms with Crippen LogP contribution in [0.5, 0.6) is 0 Å². The molecule has 0 bridgehead atoms. The van der Waals surface area contributed by atoms with E-state index >= 15 is 0 Å². The lowest BCUT2D eigenvalue weighted by Crippen LogP contribution is -2.50. The highest BCUT2D eigenvalue weighted by molar-refractivity contribution is 14.0. The van der Waals surface area contributed by atoms with Crippen molar-refractivity contribution in [3.63, 3.8) is 0 Å². The summed E-state index contributed by atoms with van der Waals surface area (Å²) >= 11 is 0. The number of piperazine rings is 1. The molecule has 0 saturated carbocycles. The molecule has 1 atom stereocenters. The van der Waals surface area contributed by atoms with Crippen LogP contribution in [0.2, 0.25) is 0 Å². The molecule has 29 heavy (non-hydrogen) atoms. The highest BCUT2D eigenvalue weighted by atomic mass is 127. The van der Waals surface area contributed by atoms with Gasteiger partial charge in [-0.25, -0.2) is 0 Å². The zero-order valence-corrected chi connectivity index (χ0v) is 21.0. The van der Waals surface area contributed by atoms with Gasteiger partial charge in [0, 0.05) is 72.4 Å². The van der Waals surface area contributed by atoms with E-state index in [-0.39, 0.29) is 36.0 Å². The maximum absolute atomic E-state index is 11.4. The van der Waals surface area contributed by atoms with Crippen LogP contribution in [0, 0.1) is 5.92 Å². The predicted molar refractivity (Wildman–Crippen MR) is 129 cm³/mol. The Bertz CT molecular complexity index is 497. The molecule has 2 aliphatic rings. The van der Waals surface area contributed by atoms with Gasteiger partial charge in [-0.1, -0.05) is 13.8 Å². The minimum Gasteiger partial charge on any atom is -0.374 e.